The molecule has 21 heavy (non-hydrogen) atoms. The van der Waals surface area contributed by atoms with Crippen LogP contribution in [0.5, 0.6) is 0 Å². The van der Waals surface area contributed by atoms with Crippen LogP contribution < -0.4 is 10.6 Å². The van der Waals surface area contributed by atoms with Gasteiger partial charge in [-0.2, -0.15) is 0 Å². The number of aryl methyl sites for hydroxylation is 1. The lowest BCUT2D eigenvalue weighted by atomic mass is 10.0. The molecule has 0 fully saturated rings. The second-order valence-electron chi connectivity index (χ2n) is 5.33. The number of carbonyl (C=O) groups excluding carboxylic acids is 1. The van der Waals surface area contributed by atoms with Gasteiger partial charge in [-0.05, 0) is 37.8 Å². The smallest absolute Gasteiger partial charge is 0.315 e. The molecule has 1 aromatic rings. The van der Waals surface area contributed by atoms with Gasteiger partial charge >= 0.3 is 6.03 Å². The van der Waals surface area contributed by atoms with Gasteiger partial charge in [0, 0.05) is 19.7 Å². The Morgan fingerprint density at radius 3 is 2.76 bits per heavy atom. The predicted molar refractivity (Wildman–Crippen MR) is 83.4 cm³/mol. The van der Waals surface area contributed by atoms with E-state index in [9.17, 15) is 9.90 Å². The largest absolute Gasteiger partial charge is 0.391 e. The molecule has 0 heterocycles. The number of hydrogen-bond acceptors (Lipinski definition) is 3. The fourth-order valence-corrected chi connectivity index (χ4v) is 2.12. The standard InChI is InChI=1S/C16H26N2O3/c1-12-6-4-5-7-14(12)10-13(2)18-16(20)17-9-8-15(19)11-21-3/h4-7,13,15,19H,8-11H2,1-3H3,(H2,17,18,20). The van der Waals surface area contributed by atoms with Crippen molar-refractivity contribution in [3.8, 4) is 0 Å². The molecular weight excluding hydrogens is 268 g/mol. The van der Waals surface area contributed by atoms with Gasteiger partial charge < -0.3 is 20.5 Å². The molecule has 0 aliphatic carbocycles. The number of ether oxygens (including phenoxy) is 1. The van der Waals surface area contributed by atoms with Crippen molar-refractivity contribution in [1.29, 1.82) is 0 Å². The second kappa shape index (κ2) is 9.37. The summed E-state index contributed by atoms with van der Waals surface area (Å²) in [5, 5.41) is 15.1. The van der Waals surface area contributed by atoms with Crippen LogP contribution in [-0.4, -0.2) is 43.5 Å². The minimum Gasteiger partial charge on any atom is -0.391 e. The maximum Gasteiger partial charge on any atom is 0.315 e. The van der Waals surface area contributed by atoms with Crippen molar-refractivity contribution in [2.24, 2.45) is 0 Å². The van der Waals surface area contributed by atoms with Crippen LogP contribution in [0, 0.1) is 6.92 Å². The van der Waals surface area contributed by atoms with Gasteiger partial charge in [-0.15, -0.1) is 0 Å². The first kappa shape index (κ1) is 17.5. The maximum absolute atomic E-state index is 11.7. The molecule has 0 spiro atoms. The first-order valence-electron chi connectivity index (χ1n) is 7.28. The zero-order valence-electron chi connectivity index (χ0n) is 13.1. The van der Waals surface area contributed by atoms with E-state index in [2.05, 4.69) is 29.7 Å². The van der Waals surface area contributed by atoms with E-state index in [4.69, 9.17) is 4.74 Å². The van der Waals surface area contributed by atoms with E-state index in [1.807, 2.05) is 19.1 Å². The number of aliphatic hydroxyl groups excluding tert-OH is 1. The van der Waals surface area contributed by atoms with Gasteiger partial charge in [0.2, 0.25) is 0 Å². The summed E-state index contributed by atoms with van der Waals surface area (Å²) in [6.45, 7) is 4.76. The fraction of sp³-hybridized carbons (Fsp3) is 0.562. The number of nitrogens with one attached hydrogen (secondary N) is 2. The van der Waals surface area contributed by atoms with Gasteiger partial charge in [0.1, 0.15) is 0 Å². The molecule has 0 aliphatic rings. The molecule has 3 N–H and O–H groups in total. The van der Waals surface area contributed by atoms with Crippen molar-refractivity contribution in [1.82, 2.24) is 10.6 Å². The predicted octanol–water partition coefficient (Wildman–Crippen LogP) is 1.62. The summed E-state index contributed by atoms with van der Waals surface area (Å²) < 4.78 is 4.82. The highest BCUT2D eigenvalue weighted by molar-refractivity contribution is 5.74. The van der Waals surface area contributed by atoms with Crippen LogP contribution in [0.1, 0.15) is 24.5 Å². The summed E-state index contributed by atoms with van der Waals surface area (Å²) in [6, 6.07) is 8.00. The van der Waals surface area contributed by atoms with Crippen molar-refractivity contribution in [3.05, 3.63) is 35.4 Å². The number of aliphatic hydroxyl groups is 1. The molecule has 2 amide bonds. The lowest BCUT2D eigenvalue weighted by Gasteiger charge is -2.16. The lowest BCUT2D eigenvalue weighted by molar-refractivity contribution is 0.0598. The van der Waals surface area contributed by atoms with Crippen molar-refractivity contribution < 1.29 is 14.6 Å². The Balaban J connectivity index is 2.26. The summed E-state index contributed by atoms with van der Waals surface area (Å²) in [7, 11) is 1.54. The summed E-state index contributed by atoms with van der Waals surface area (Å²) in [6.07, 6.45) is 0.736. The minimum atomic E-state index is -0.542. The van der Waals surface area contributed by atoms with Crippen molar-refractivity contribution in [2.45, 2.75) is 38.8 Å². The quantitative estimate of drug-likeness (QED) is 0.682. The van der Waals surface area contributed by atoms with Crippen LogP contribution in [0.3, 0.4) is 0 Å². The molecule has 0 aromatic heterocycles. The molecule has 5 nitrogen and oxygen atoms in total. The first-order valence-corrected chi connectivity index (χ1v) is 7.28. The summed E-state index contributed by atoms with van der Waals surface area (Å²) >= 11 is 0. The van der Waals surface area contributed by atoms with Gasteiger partial charge in [0.05, 0.1) is 12.7 Å². The zero-order chi connectivity index (χ0) is 15.7. The monoisotopic (exact) mass is 294 g/mol. The fourth-order valence-electron chi connectivity index (χ4n) is 2.12. The topological polar surface area (TPSA) is 70.6 Å². The molecule has 0 radical (unpaired) electrons. The molecule has 0 saturated heterocycles. The number of benzene rings is 1. The number of amides is 2. The van der Waals surface area contributed by atoms with Crippen LogP contribution >= 0.6 is 0 Å². The third-order valence-corrected chi connectivity index (χ3v) is 3.29. The number of rotatable bonds is 8. The Morgan fingerprint density at radius 2 is 2.10 bits per heavy atom. The zero-order valence-corrected chi connectivity index (χ0v) is 13.1. The SMILES string of the molecule is COCC(O)CCNC(=O)NC(C)Cc1ccccc1C. The Hall–Kier alpha value is -1.59. The molecule has 118 valence electrons. The molecular formula is C16H26N2O3. The molecule has 2 unspecified atom stereocenters. The summed E-state index contributed by atoms with van der Waals surface area (Å²) in [4.78, 5) is 11.7. The number of carbonyl (C=O) groups is 1. The first-order chi connectivity index (χ1) is 10.0. The van der Waals surface area contributed by atoms with E-state index in [0.29, 0.717) is 13.0 Å². The molecule has 0 bridgehead atoms. The highest BCUT2D eigenvalue weighted by Crippen LogP contribution is 2.09. The highest BCUT2D eigenvalue weighted by atomic mass is 16.5. The van der Waals surface area contributed by atoms with Gasteiger partial charge in [0.25, 0.3) is 0 Å². The highest BCUT2D eigenvalue weighted by Gasteiger charge is 2.09. The Kier molecular flexibility index (Phi) is 7.79. The Labute approximate surface area is 126 Å². The Morgan fingerprint density at radius 1 is 1.38 bits per heavy atom. The van der Waals surface area contributed by atoms with Crippen LogP contribution in [0.4, 0.5) is 4.79 Å². The minimum absolute atomic E-state index is 0.0509. The number of hydrogen-bond donors (Lipinski definition) is 3. The molecule has 1 rings (SSSR count). The molecule has 5 heteroatoms. The van der Waals surface area contributed by atoms with Gasteiger partial charge in [-0.1, -0.05) is 24.3 Å². The number of methoxy groups -OCH3 is 1. The van der Waals surface area contributed by atoms with E-state index >= 15 is 0 Å². The average Bonchev–Trinajstić information content (AvgIpc) is 2.41. The second-order valence-corrected chi connectivity index (χ2v) is 5.33. The molecule has 2 atom stereocenters. The summed E-state index contributed by atoms with van der Waals surface area (Å²) in [5.74, 6) is 0. The van der Waals surface area contributed by atoms with Gasteiger partial charge in [-0.25, -0.2) is 4.79 Å². The van der Waals surface area contributed by atoms with E-state index in [-0.39, 0.29) is 18.7 Å². The Bertz CT molecular complexity index is 437. The van der Waals surface area contributed by atoms with Crippen molar-refractivity contribution in [2.75, 3.05) is 20.3 Å². The molecule has 0 saturated carbocycles. The van der Waals surface area contributed by atoms with Crippen LogP contribution in [0.2, 0.25) is 0 Å². The third-order valence-electron chi connectivity index (χ3n) is 3.29. The van der Waals surface area contributed by atoms with E-state index in [1.165, 1.54) is 18.2 Å². The van der Waals surface area contributed by atoms with Gasteiger partial charge in [0.15, 0.2) is 0 Å². The van der Waals surface area contributed by atoms with Gasteiger partial charge in [-0.3, -0.25) is 0 Å². The van der Waals surface area contributed by atoms with E-state index < -0.39 is 6.10 Å². The normalized spacial score (nSPS) is 13.5. The summed E-state index contributed by atoms with van der Waals surface area (Å²) in [5.41, 5.74) is 2.47. The van der Waals surface area contributed by atoms with E-state index in [1.54, 1.807) is 0 Å². The van der Waals surface area contributed by atoms with Crippen molar-refractivity contribution >= 4 is 6.03 Å². The molecule has 0 aliphatic heterocycles. The van der Waals surface area contributed by atoms with Crippen molar-refractivity contribution in [3.63, 3.8) is 0 Å². The van der Waals surface area contributed by atoms with Crippen LogP contribution in [0.25, 0.3) is 0 Å². The van der Waals surface area contributed by atoms with Crippen LogP contribution in [0.15, 0.2) is 24.3 Å². The maximum atomic E-state index is 11.7. The number of urea groups is 1. The third kappa shape index (κ3) is 7.11. The van der Waals surface area contributed by atoms with Crippen LogP contribution in [-0.2, 0) is 11.2 Å². The van der Waals surface area contributed by atoms with E-state index in [0.717, 1.165) is 6.42 Å². The lowest BCUT2D eigenvalue weighted by Crippen LogP contribution is -2.42. The average molecular weight is 294 g/mol. The molecule has 1 aromatic carbocycles.